The molecule has 1 aromatic heterocycles. The van der Waals surface area contributed by atoms with Gasteiger partial charge in [-0.15, -0.1) is 0 Å². The highest BCUT2D eigenvalue weighted by molar-refractivity contribution is 5.90. The average molecular weight is 266 g/mol. The van der Waals surface area contributed by atoms with Gasteiger partial charge in [0.15, 0.2) is 0 Å². The van der Waals surface area contributed by atoms with Crippen molar-refractivity contribution in [1.82, 2.24) is 10.3 Å². The van der Waals surface area contributed by atoms with Gasteiger partial charge in [-0.1, -0.05) is 18.2 Å². The molecule has 0 spiro atoms. The largest absolute Gasteiger partial charge is 0.337 e. The third-order valence-electron chi connectivity index (χ3n) is 2.69. The van der Waals surface area contributed by atoms with E-state index >= 15 is 0 Å². The molecule has 0 bridgehead atoms. The first-order valence-corrected chi connectivity index (χ1v) is 6.23. The Morgan fingerprint density at radius 1 is 1.20 bits per heavy atom. The second-order valence-electron chi connectivity index (χ2n) is 4.11. The van der Waals surface area contributed by atoms with Gasteiger partial charge in [-0.2, -0.15) is 5.26 Å². The molecule has 0 saturated heterocycles. The van der Waals surface area contributed by atoms with E-state index in [1.165, 1.54) is 0 Å². The standard InChI is InChI=1S/C15H14N4O/c16-11-12-5-1-2-7-14(12)19-15(20)18-10-8-13-6-3-4-9-17-13/h1-7,9H,8,10H2,(H2,18,19,20). The molecular weight excluding hydrogens is 252 g/mol. The van der Waals surface area contributed by atoms with Crippen molar-refractivity contribution in [2.45, 2.75) is 6.42 Å². The molecule has 20 heavy (non-hydrogen) atoms. The van der Waals surface area contributed by atoms with Crippen LogP contribution in [0.2, 0.25) is 0 Å². The number of urea groups is 1. The number of carbonyl (C=O) groups is 1. The molecule has 0 aliphatic carbocycles. The van der Waals surface area contributed by atoms with Crippen LogP contribution in [0.3, 0.4) is 0 Å². The number of rotatable bonds is 4. The fourth-order valence-corrected chi connectivity index (χ4v) is 1.71. The van der Waals surface area contributed by atoms with E-state index in [0.717, 1.165) is 5.69 Å². The van der Waals surface area contributed by atoms with Gasteiger partial charge < -0.3 is 10.6 Å². The molecule has 2 amide bonds. The summed E-state index contributed by atoms with van der Waals surface area (Å²) in [6, 6.07) is 14.2. The summed E-state index contributed by atoms with van der Waals surface area (Å²) in [4.78, 5) is 15.9. The Kier molecular flexibility index (Phi) is 4.68. The Morgan fingerprint density at radius 3 is 2.75 bits per heavy atom. The van der Waals surface area contributed by atoms with Gasteiger partial charge >= 0.3 is 6.03 Å². The summed E-state index contributed by atoms with van der Waals surface area (Å²) in [5.41, 5.74) is 1.86. The summed E-state index contributed by atoms with van der Waals surface area (Å²) in [6.07, 6.45) is 2.38. The number of benzene rings is 1. The van der Waals surface area contributed by atoms with Gasteiger partial charge in [-0.3, -0.25) is 4.98 Å². The lowest BCUT2D eigenvalue weighted by atomic mass is 10.2. The van der Waals surface area contributed by atoms with Gasteiger partial charge in [0.05, 0.1) is 11.3 Å². The molecule has 0 aliphatic rings. The zero-order valence-corrected chi connectivity index (χ0v) is 10.8. The van der Waals surface area contributed by atoms with Crippen molar-refractivity contribution in [2.75, 3.05) is 11.9 Å². The quantitative estimate of drug-likeness (QED) is 0.891. The number of nitrogens with zero attached hydrogens (tertiary/aromatic N) is 2. The molecule has 0 fully saturated rings. The molecule has 0 aliphatic heterocycles. The van der Waals surface area contributed by atoms with Gasteiger partial charge in [-0.05, 0) is 24.3 Å². The average Bonchev–Trinajstić information content (AvgIpc) is 2.49. The van der Waals surface area contributed by atoms with Crippen molar-refractivity contribution < 1.29 is 4.79 Å². The second-order valence-corrected chi connectivity index (χ2v) is 4.11. The third-order valence-corrected chi connectivity index (χ3v) is 2.69. The number of aromatic nitrogens is 1. The molecule has 5 nitrogen and oxygen atoms in total. The molecular formula is C15H14N4O. The molecule has 5 heteroatoms. The number of para-hydroxylation sites is 1. The van der Waals surface area contributed by atoms with Crippen molar-refractivity contribution in [3.63, 3.8) is 0 Å². The van der Waals surface area contributed by atoms with Crippen LogP contribution in [0.5, 0.6) is 0 Å². The van der Waals surface area contributed by atoms with E-state index in [2.05, 4.69) is 15.6 Å². The normalized spacial score (nSPS) is 9.55. The van der Waals surface area contributed by atoms with Gasteiger partial charge in [-0.25, -0.2) is 4.79 Å². The van der Waals surface area contributed by atoms with Crippen LogP contribution < -0.4 is 10.6 Å². The third kappa shape index (κ3) is 3.82. The van der Waals surface area contributed by atoms with Gasteiger partial charge in [0, 0.05) is 24.9 Å². The first-order chi connectivity index (χ1) is 9.79. The van der Waals surface area contributed by atoms with E-state index < -0.39 is 0 Å². The van der Waals surface area contributed by atoms with Gasteiger partial charge in [0.25, 0.3) is 0 Å². The number of carbonyl (C=O) groups excluding carboxylic acids is 1. The Labute approximate surface area is 117 Å². The van der Waals surface area contributed by atoms with Crippen LogP contribution in [-0.2, 0) is 6.42 Å². The molecule has 2 aromatic rings. The number of nitriles is 1. The van der Waals surface area contributed by atoms with Crippen molar-refractivity contribution in [2.24, 2.45) is 0 Å². The van der Waals surface area contributed by atoms with E-state index in [1.54, 1.807) is 30.5 Å². The summed E-state index contributed by atoms with van der Waals surface area (Å²) in [7, 11) is 0. The molecule has 0 saturated carbocycles. The lowest BCUT2D eigenvalue weighted by Crippen LogP contribution is -2.30. The summed E-state index contributed by atoms with van der Waals surface area (Å²) < 4.78 is 0. The zero-order chi connectivity index (χ0) is 14.2. The first kappa shape index (κ1) is 13.6. The molecule has 0 atom stereocenters. The maximum atomic E-state index is 11.7. The van der Waals surface area contributed by atoms with E-state index in [-0.39, 0.29) is 6.03 Å². The topological polar surface area (TPSA) is 77.8 Å². The highest BCUT2D eigenvalue weighted by atomic mass is 16.2. The molecule has 2 rings (SSSR count). The van der Waals surface area contributed by atoms with Crippen LogP contribution in [-0.4, -0.2) is 17.6 Å². The maximum Gasteiger partial charge on any atom is 0.319 e. The van der Waals surface area contributed by atoms with Crippen LogP contribution >= 0.6 is 0 Å². The van der Waals surface area contributed by atoms with Crippen molar-refractivity contribution in [3.05, 3.63) is 59.9 Å². The van der Waals surface area contributed by atoms with E-state index in [4.69, 9.17) is 5.26 Å². The summed E-state index contributed by atoms with van der Waals surface area (Å²) >= 11 is 0. The Balaban J connectivity index is 1.83. The minimum atomic E-state index is -0.330. The van der Waals surface area contributed by atoms with Crippen LogP contribution in [0.15, 0.2) is 48.7 Å². The lowest BCUT2D eigenvalue weighted by molar-refractivity contribution is 0.252. The maximum absolute atomic E-state index is 11.7. The minimum absolute atomic E-state index is 0.330. The number of hydrogen-bond donors (Lipinski definition) is 2. The van der Waals surface area contributed by atoms with Gasteiger partial charge in [0.1, 0.15) is 6.07 Å². The smallest absolute Gasteiger partial charge is 0.319 e. The monoisotopic (exact) mass is 266 g/mol. The lowest BCUT2D eigenvalue weighted by Gasteiger charge is -2.08. The molecule has 0 unspecified atom stereocenters. The Hall–Kier alpha value is -2.87. The predicted molar refractivity (Wildman–Crippen MR) is 76.1 cm³/mol. The molecule has 1 aromatic carbocycles. The second kappa shape index (κ2) is 6.90. The number of amides is 2. The molecule has 2 N–H and O–H groups in total. The number of nitrogens with one attached hydrogen (secondary N) is 2. The highest BCUT2D eigenvalue weighted by Gasteiger charge is 2.05. The van der Waals surface area contributed by atoms with Crippen molar-refractivity contribution in [3.8, 4) is 6.07 Å². The fourth-order valence-electron chi connectivity index (χ4n) is 1.71. The zero-order valence-electron chi connectivity index (χ0n) is 10.8. The number of pyridine rings is 1. The molecule has 0 radical (unpaired) electrons. The summed E-state index contributed by atoms with van der Waals surface area (Å²) in [6.45, 7) is 0.484. The van der Waals surface area contributed by atoms with Crippen LogP contribution in [0.25, 0.3) is 0 Å². The molecule has 100 valence electrons. The van der Waals surface area contributed by atoms with Crippen LogP contribution in [0, 0.1) is 11.3 Å². The number of hydrogen-bond acceptors (Lipinski definition) is 3. The van der Waals surface area contributed by atoms with E-state index in [1.807, 2.05) is 24.3 Å². The van der Waals surface area contributed by atoms with Crippen LogP contribution in [0.4, 0.5) is 10.5 Å². The summed E-state index contributed by atoms with van der Waals surface area (Å²) in [5, 5.41) is 14.3. The Morgan fingerprint density at radius 2 is 2.00 bits per heavy atom. The Bertz CT molecular complexity index is 619. The van der Waals surface area contributed by atoms with Crippen LogP contribution in [0.1, 0.15) is 11.3 Å². The fraction of sp³-hybridized carbons (Fsp3) is 0.133. The van der Waals surface area contributed by atoms with E-state index in [0.29, 0.717) is 24.2 Å². The summed E-state index contributed by atoms with van der Waals surface area (Å²) in [5.74, 6) is 0. The SMILES string of the molecule is N#Cc1ccccc1NC(=O)NCCc1ccccn1. The predicted octanol–water partition coefficient (Wildman–Crippen LogP) is 2.32. The highest BCUT2D eigenvalue weighted by Crippen LogP contribution is 2.12. The number of anilines is 1. The van der Waals surface area contributed by atoms with E-state index in [9.17, 15) is 4.79 Å². The van der Waals surface area contributed by atoms with Gasteiger partial charge in [0.2, 0.25) is 0 Å². The van der Waals surface area contributed by atoms with Crippen molar-refractivity contribution >= 4 is 11.7 Å². The minimum Gasteiger partial charge on any atom is -0.337 e. The van der Waals surface area contributed by atoms with Crippen molar-refractivity contribution in [1.29, 1.82) is 5.26 Å². The first-order valence-electron chi connectivity index (χ1n) is 6.23. The molecule has 1 heterocycles.